The van der Waals surface area contributed by atoms with Gasteiger partial charge in [-0.05, 0) is 12.1 Å². The lowest BCUT2D eigenvalue weighted by molar-refractivity contribution is 0.259. The predicted octanol–water partition coefficient (Wildman–Crippen LogP) is 1.08. The topological polar surface area (TPSA) is 109 Å². The van der Waals surface area contributed by atoms with Crippen molar-refractivity contribution < 1.29 is 12.9 Å². The molecule has 164 valence electrons. The lowest BCUT2D eigenvalue weighted by Gasteiger charge is -2.35. The minimum absolute atomic E-state index is 0.151. The second kappa shape index (κ2) is 9.31. The van der Waals surface area contributed by atoms with Crippen LogP contribution in [0.25, 0.3) is 5.69 Å². The van der Waals surface area contributed by atoms with Crippen LogP contribution in [-0.2, 0) is 22.3 Å². The average Bonchev–Trinajstić information content (AvgIpc) is 3.47. The molecule has 1 saturated heterocycles. The van der Waals surface area contributed by atoms with Gasteiger partial charge in [-0.3, -0.25) is 4.99 Å². The van der Waals surface area contributed by atoms with Crippen LogP contribution in [0.1, 0.15) is 11.3 Å². The third-order valence-electron chi connectivity index (χ3n) is 5.07. The molecule has 0 spiro atoms. The Morgan fingerprint density at radius 1 is 1.16 bits per heavy atom. The van der Waals surface area contributed by atoms with Crippen LogP contribution in [0.5, 0.6) is 0 Å². The Bertz CT molecular complexity index is 1100. The highest BCUT2D eigenvalue weighted by Gasteiger charge is 2.29. The Morgan fingerprint density at radius 3 is 2.61 bits per heavy atom. The molecule has 11 heteroatoms. The van der Waals surface area contributed by atoms with Crippen molar-refractivity contribution in [3.63, 3.8) is 0 Å². The Hall–Kier alpha value is -3.18. The number of hydrogen-bond donors (Lipinski definition) is 1. The Morgan fingerprint density at radius 2 is 1.94 bits per heavy atom. The second-order valence-electron chi connectivity index (χ2n) is 7.16. The third kappa shape index (κ3) is 5.12. The number of nitrogens with zero attached hydrogens (tertiary/aromatic N) is 6. The van der Waals surface area contributed by atoms with Gasteiger partial charge < -0.3 is 14.7 Å². The van der Waals surface area contributed by atoms with Crippen LogP contribution in [0.15, 0.2) is 64.6 Å². The predicted molar refractivity (Wildman–Crippen MR) is 116 cm³/mol. The van der Waals surface area contributed by atoms with Crippen molar-refractivity contribution in [1.29, 1.82) is 0 Å². The highest BCUT2D eigenvalue weighted by Crippen LogP contribution is 2.13. The Balaban J connectivity index is 1.30. The van der Waals surface area contributed by atoms with Crippen molar-refractivity contribution in [1.82, 2.24) is 29.5 Å². The zero-order valence-corrected chi connectivity index (χ0v) is 18.1. The molecule has 1 N–H and O–H groups in total. The molecule has 31 heavy (non-hydrogen) atoms. The highest BCUT2D eigenvalue weighted by molar-refractivity contribution is 7.88. The molecule has 0 saturated carbocycles. The van der Waals surface area contributed by atoms with Gasteiger partial charge in [0.05, 0.1) is 17.6 Å². The van der Waals surface area contributed by atoms with Gasteiger partial charge in [0, 0.05) is 57.6 Å². The summed E-state index contributed by atoms with van der Waals surface area (Å²) in [7, 11) is -1.70. The van der Waals surface area contributed by atoms with Crippen LogP contribution in [0.3, 0.4) is 0 Å². The van der Waals surface area contributed by atoms with E-state index in [1.807, 2.05) is 47.4 Å². The first kappa shape index (κ1) is 21.1. The average molecular weight is 444 g/mol. The highest BCUT2D eigenvalue weighted by atomic mass is 32.2. The third-order valence-corrected chi connectivity index (χ3v) is 6.88. The first-order chi connectivity index (χ1) is 15.0. The zero-order chi connectivity index (χ0) is 21.7. The van der Waals surface area contributed by atoms with Gasteiger partial charge in [-0.2, -0.15) is 9.40 Å². The molecule has 0 unspecified atom stereocenters. The fraction of sp³-hybridized carbons (Fsp3) is 0.350. The number of aromatic nitrogens is 3. The van der Waals surface area contributed by atoms with E-state index in [2.05, 4.69) is 25.5 Å². The van der Waals surface area contributed by atoms with E-state index in [0.29, 0.717) is 38.4 Å². The number of nitrogens with one attached hydrogen (secondary N) is 1. The molecule has 0 radical (unpaired) electrons. The number of hydrogen-bond acceptors (Lipinski definition) is 6. The molecule has 0 amide bonds. The Labute approximate surface area is 181 Å². The van der Waals surface area contributed by atoms with Crippen LogP contribution in [0.4, 0.5) is 0 Å². The summed E-state index contributed by atoms with van der Waals surface area (Å²) in [5, 5.41) is 11.5. The smallest absolute Gasteiger partial charge is 0.220 e. The molecule has 3 aromatic rings. The molecule has 0 aliphatic carbocycles. The summed E-state index contributed by atoms with van der Waals surface area (Å²) < 4.78 is 33.3. The summed E-state index contributed by atoms with van der Waals surface area (Å²) in [4.78, 5) is 6.41. The molecule has 3 heterocycles. The van der Waals surface area contributed by atoms with E-state index in [1.54, 1.807) is 13.1 Å². The van der Waals surface area contributed by atoms with Gasteiger partial charge in [0.25, 0.3) is 0 Å². The molecule has 1 fully saturated rings. The number of benzene rings is 1. The first-order valence-corrected chi connectivity index (χ1v) is 11.6. The monoisotopic (exact) mass is 443 g/mol. The molecule has 10 nitrogen and oxygen atoms in total. The lowest BCUT2D eigenvalue weighted by atomic mass is 10.3. The van der Waals surface area contributed by atoms with Crippen molar-refractivity contribution in [2.45, 2.75) is 12.3 Å². The van der Waals surface area contributed by atoms with Gasteiger partial charge in [0.1, 0.15) is 12.0 Å². The van der Waals surface area contributed by atoms with E-state index in [9.17, 15) is 8.42 Å². The standard InChI is InChI=1S/C20H25N7O3S/c1-21-20(22-13-17-14-23-27(15-17)19-5-3-2-4-6-19)25-8-10-26(11-9-25)31(28,29)16-18-7-12-30-24-18/h2-7,12,14-15H,8-11,13,16H2,1H3,(H,21,22). The van der Waals surface area contributed by atoms with E-state index < -0.39 is 10.0 Å². The molecule has 2 aromatic heterocycles. The summed E-state index contributed by atoms with van der Waals surface area (Å²) in [6, 6.07) is 11.5. The summed E-state index contributed by atoms with van der Waals surface area (Å²) in [6.45, 7) is 2.48. The van der Waals surface area contributed by atoms with Gasteiger partial charge in [-0.1, -0.05) is 23.4 Å². The van der Waals surface area contributed by atoms with Crippen molar-refractivity contribution in [3.8, 4) is 5.69 Å². The van der Waals surface area contributed by atoms with Crippen LogP contribution < -0.4 is 5.32 Å². The molecular weight excluding hydrogens is 418 g/mol. The van der Waals surface area contributed by atoms with Crippen LogP contribution in [-0.4, -0.2) is 71.7 Å². The Kier molecular flexibility index (Phi) is 6.33. The van der Waals surface area contributed by atoms with E-state index >= 15 is 0 Å². The number of piperazine rings is 1. The first-order valence-electron chi connectivity index (χ1n) is 9.97. The van der Waals surface area contributed by atoms with E-state index in [1.165, 1.54) is 10.6 Å². The summed E-state index contributed by atoms with van der Waals surface area (Å²) in [6.07, 6.45) is 5.17. The number of sulfonamides is 1. The fourth-order valence-electron chi connectivity index (χ4n) is 3.45. The molecular formula is C20H25N7O3S. The summed E-state index contributed by atoms with van der Waals surface area (Å²) in [5.41, 5.74) is 2.44. The fourth-order valence-corrected chi connectivity index (χ4v) is 4.88. The van der Waals surface area contributed by atoms with Crippen LogP contribution in [0, 0.1) is 0 Å². The van der Waals surface area contributed by atoms with Gasteiger partial charge in [0.15, 0.2) is 5.96 Å². The van der Waals surface area contributed by atoms with Crippen molar-refractivity contribution in [2.24, 2.45) is 4.99 Å². The van der Waals surface area contributed by atoms with Crippen molar-refractivity contribution in [2.75, 3.05) is 33.2 Å². The number of para-hydroxylation sites is 1. The molecule has 0 atom stereocenters. The molecule has 1 aliphatic heterocycles. The van der Waals surface area contributed by atoms with E-state index in [0.717, 1.165) is 17.2 Å². The van der Waals surface area contributed by atoms with Gasteiger partial charge in [-0.25, -0.2) is 13.1 Å². The van der Waals surface area contributed by atoms with E-state index in [4.69, 9.17) is 4.52 Å². The van der Waals surface area contributed by atoms with Crippen LogP contribution >= 0.6 is 0 Å². The SMILES string of the molecule is CN=C(NCc1cnn(-c2ccccc2)c1)N1CCN(S(=O)(=O)Cc2ccon2)CC1. The number of aliphatic imine (C=N–C) groups is 1. The summed E-state index contributed by atoms with van der Waals surface area (Å²) in [5.74, 6) is 0.586. The maximum atomic E-state index is 12.6. The van der Waals surface area contributed by atoms with Gasteiger partial charge in [0.2, 0.25) is 10.0 Å². The maximum absolute atomic E-state index is 12.6. The second-order valence-corrected chi connectivity index (χ2v) is 9.13. The minimum Gasteiger partial charge on any atom is -0.364 e. The van der Waals surface area contributed by atoms with E-state index in [-0.39, 0.29) is 5.75 Å². The summed E-state index contributed by atoms with van der Waals surface area (Å²) >= 11 is 0. The van der Waals surface area contributed by atoms with Gasteiger partial charge >= 0.3 is 0 Å². The molecule has 0 bridgehead atoms. The van der Waals surface area contributed by atoms with Crippen LogP contribution in [0.2, 0.25) is 0 Å². The number of rotatable bonds is 6. The zero-order valence-electron chi connectivity index (χ0n) is 17.3. The maximum Gasteiger partial charge on any atom is 0.220 e. The normalized spacial score (nSPS) is 15.9. The van der Waals surface area contributed by atoms with Crippen molar-refractivity contribution >= 4 is 16.0 Å². The molecule has 4 rings (SSSR count). The van der Waals surface area contributed by atoms with Crippen molar-refractivity contribution in [3.05, 3.63) is 66.3 Å². The molecule has 1 aromatic carbocycles. The minimum atomic E-state index is -3.43. The lowest BCUT2D eigenvalue weighted by Crippen LogP contribution is -2.53. The largest absolute Gasteiger partial charge is 0.364 e. The number of guanidine groups is 1. The quantitative estimate of drug-likeness (QED) is 0.449. The molecule has 1 aliphatic rings. The van der Waals surface area contributed by atoms with Gasteiger partial charge in [-0.15, -0.1) is 0 Å².